The molecule has 6 nitrogen and oxygen atoms in total. The zero-order valence-corrected chi connectivity index (χ0v) is 13.8. The molecule has 0 saturated carbocycles. The van der Waals surface area contributed by atoms with Crippen molar-refractivity contribution in [1.82, 2.24) is 15.1 Å². The van der Waals surface area contributed by atoms with Gasteiger partial charge in [-0.05, 0) is 37.6 Å². The molecular formula is C17H23N3O3. The topological polar surface area (TPSA) is 61.9 Å². The molecular weight excluding hydrogens is 294 g/mol. The third-order valence-electron chi connectivity index (χ3n) is 5.10. The van der Waals surface area contributed by atoms with Gasteiger partial charge < -0.3 is 15.0 Å². The van der Waals surface area contributed by atoms with Crippen LogP contribution in [0.3, 0.4) is 0 Å². The zero-order valence-electron chi connectivity index (χ0n) is 13.8. The normalized spacial score (nSPS) is 26.9. The van der Waals surface area contributed by atoms with Crippen molar-refractivity contribution in [1.29, 1.82) is 0 Å². The molecule has 1 aromatic carbocycles. The molecule has 124 valence electrons. The van der Waals surface area contributed by atoms with Crippen LogP contribution in [0.4, 0.5) is 0 Å². The molecule has 23 heavy (non-hydrogen) atoms. The molecule has 1 aromatic rings. The number of benzene rings is 1. The van der Waals surface area contributed by atoms with Crippen LogP contribution in [0.25, 0.3) is 0 Å². The van der Waals surface area contributed by atoms with E-state index in [0.717, 1.165) is 6.42 Å². The fourth-order valence-electron chi connectivity index (χ4n) is 3.79. The molecule has 2 amide bonds. The van der Waals surface area contributed by atoms with E-state index in [1.54, 1.807) is 20.2 Å². The van der Waals surface area contributed by atoms with Crippen LogP contribution in [0, 0.1) is 5.92 Å². The van der Waals surface area contributed by atoms with Crippen LogP contribution >= 0.6 is 0 Å². The quantitative estimate of drug-likeness (QED) is 0.886. The summed E-state index contributed by atoms with van der Waals surface area (Å²) in [6.07, 6.45) is 0.808. The average Bonchev–Trinajstić information content (AvgIpc) is 3.13. The van der Waals surface area contributed by atoms with Crippen molar-refractivity contribution in [2.24, 2.45) is 5.92 Å². The van der Waals surface area contributed by atoms with Gasteiger partial charge in [0.2, 0.25) is 5.91 Å². The Labute approximate surface area is 136 Å². The van der Waals surface area contributed by atoms with E-state index >= 15 is 0 Å². The number of nitrogens with zero attached hydrogens (tertiary/aromatic N) is 2. The lowest BCUT2D eigenvalue weighted by Crippen LogP contribution is -2.45. The van der Waals surface area contributed by atoms with Gasteiger partial charge in [-0.3, -0.25) is 14.5 Å². The molecule has 1 N–H and O–H groups in total. The van der Waals surface area contributed by atoms with E-state index in [9.17, 15) is 9.59 Å². The summed E-state index contributed by atoms with van der Waals surface area (Å²) in [5, 5.41) is 2.72. The van der Waals surface area contributed by atoms with Crippen LogP contribution in [0.15, 0.2) is 24.3 Å². The van der Waals surface area contributed by atoms with E-state index in [1.165, 1.54) is 0 Å². The maximum atomic E-state index is 12.7. The van der Waals surface area contributed by atoms with Crippen LogP contribution in [-0.4, -0.2) is 68.0 Å². The van der Waals surface area contributed by atoms with Crippen molar-refractivity contribution in [3.05, 3.63) is 29.8 Å². The molecule has 0 spiro atoms. The zero-order chi connectivity index (χ0) is 16.6. The molecule has 2 aliphatic rings. The van der Waals surface area contributed by atoms with Gasteiger partial charge in [-0.25, -0.2) is 0 Å². The number of carbonyl (C=O) groups excluding carboxylic acids is 2. The minimum atomic E-state index is -0.0796. The van der Waals surface area contributed by atoms with Gasteiger partial charge in [0.25, 0.3) is 5.91 Å². The number of rotatable bonds is 3. The number of amides is 2. The Balaban J connectivity index is 1.70. The van der Waals surface area contributed by atoms with Crippen LogP contribution < -0.4 is 10.1 Å². The number of methoxy groups -OCH3 is 1. The van der Waals surface area contributed by atoms with Gasteiger partial charge in [0.1, 0.15) is 5.75 Å². The van der Waals surface area contributed by atoms with Gasteiger partial charge in [0.15, 0.2) is 0 Å². The molecule has 2 heterocycles. The van der Waals surface area contributed by atoms with Gasteiger partial charge in [-0.1, -0.05) is 6.07 Å². The monoisotopic (exact) mass is 317 g/mol. The van der Waals surface area contributed by atoms with Gasteiger partial charge in [-0.2, -0.15) is 0 Å². The Morgan fingerprint density at radius 1 is 1.30 bits per heavy atom. The fraction of sp³-hybridized carbons (Fsp3) is 0.529. The molecule has 3 rings (SSSR count). The SMILES string of the molecule is CNC(=O)[C@@H]1C[C@H]2CN(C(=O)c3cccc(OC)c3)C[C@H]2N1C. The van der Waals surface area contributed by atoms with E-state index < -0.39 is 0 Å². The van der Waals surface area contributed by atoms with Crippen molar-refractivity contribution in [3.63, 3.8) is 0 Å². The highest BCUT2D eigenvalue weighted by molar-refractivity contribution is 5.95. The highest BCUT2D eigenvalue weighted by Crippen LogP contribution is 2.35. The number of carbonyl (C=O) groups is 2. The Kier molecular flexibility index (Phi) is 4.26. The summed E-state index contributed by atoms with van der Waals surface area (Å²) in [4.78, 5) is 28.6. The minimum Gasteiger partial charge on any atom is -0.497 e. The van der Waals surface area contributed by atoms with Crippen molar-refractivity contribution in [2.45, 2.75) is 18.5 Å². The van der Waals surface area contributed by atoms with Crippen molar-refractivity contribution < 1.29 is 14.3 Å². The van der Waals surface area contributed by atoms with Crippen LogP contribution in [0.2, 0.25) is 0 Å². The number of nitrogens with one attached hydrogen (secondary N) is 1. The number of ether oxygens (including phenoxy) is 1. The summed E-state index contributed by atoms with van der Waals surface area (Å²) < 4.78 is 5.19. The predicted octanol–water partition coefficient (Wildman–Crippen LogP) is 0.586. The first-order valence-electron chi connectivity index (χ1n) is 7.92. The summed E-state index contributed by atoms with van der Waals surface area (Å²) in [5.41, 5.74) is 0.648. The molecule has 0 bridgehead atoms. The van der Waals surface area contributed by atoms with Gasteiger partial charge in [0.05, 0.1) is 13.2 Å². The van der Waals surface area contributed by atoms with Gasteiger partial charge >= 0.3 is 0 Å². The third kappa shape index (κ3) is 2.79. The van der Waals surface area contributed by atoms with Crippen LogP contribution in [-0.2, 0) is 4.79 Å². The van der Waals surface area contributed by atoms with Gasteiger partial charge in [-0.15, -0.1) is 0 Å². The number of likely N-dealkylation sites (N-methyl/N-ethyl adjacent to an activating group) is 2. The Morgan fingerprint density at radius 2 is 2.09 bits per heavy atom. The third-order valence-corrected chi connectivity index (χ3v) is 5.10. The summed E-state index contributed by atoms with van der Waals surface area (Å²) in [6, 6.07) is 7.42. The summed E-state index contributed by atoms with van der Waals surface area (Å²) in [7, 11) is 5.24. The highest BCUT2D eigenvalue weighted by atomic mass is 16.5. The largest absolute Gasteiger partial charge is 0.497 e. The lowest BCUT2D eigenvalue weighted by molar-refractivity contribution is -0.125. The minimum absolute atomic E-state index is 0.0307. The number of hydrogen-bond donors (Lipinski definition) is 1. The second-order valence-corrected chi connectivity index (χ2v) is 6.30. The second kappa shape index (κ2) is 6.20. The molecule has 2 fully saturated rings. The Hall–Kier alpha value is -2.08. The average molecular weight is 317 g/mol. The second-order valence-electron chi connectivity index (χ2n) is 6.30. The van der Waals surface area contributed by atoms with E-state index in [-0.39, 0.29) is 23.9 Å². The molecule has 0 unspecified atom stereocenters. The maximum Gasteiger partial charge on any atom is 0.254 e. The smallest absolute Gasteiger partial charge is 0.254 e. The van der Waals surface area contributed by atoms with E-state index in [0.29, 0.717) is 30.3 Å². The lowest BCUT2D eigenvalue weighted by Gasteiger charge is -2.25. The maximum absolute atomic E-state index is 12.7. The molecule has 0 radical (unpaired) electrons. The Morgan fingerprint density at radius 3 is 2.74 bits per heavy atom. The lowest BCUT2D eigenvalue weighted by atomic mass is 10.0. The van der Waals surface area contributed by atoms with Crippen LogP contribution in [0.5, 0.6) is 5.75 Å². The summed E-state index contributed by atoms with van der Waals surface area (Å²) >= 11 is 0. The number of fused-ring (bicyclic) bond motifs is 1. The van der Waals surface area contributed by atoms with Gasteiger partial charge in [0, 0.05) is 31.7 Å². The van der Waals surface area contributed by atoms with E-state index in [4.69, 9.17) is 4.74 Å². The fourth-order valence-corrected chi connectivity index (χ4v) is 3.79. The summed E-state index contributed by atoms with van der Waals surface area (Å²) in [6.45, 7) is 1.38. The van der Waals surface area contributed by atoms with Crippen LogP contribution in [0.1, 0.15) is 16.8 Å². The first-order chi connectivity index (χ1) is 11.0. The van der Waals surface area contributed by atoms with Crippen molar-refractivity contribution >= 4 is 11.8 Å². The standard InChI is InChI=1S/C17H23N3O3/c1-18-16(21)14-8-12-9-20(10-15(12)19(14)2)17(22)11-5-4-6-13(7-11)23-3/h4-7,12,14-15H,8-10H2,1-3H3,(H,18,21)/t12-,14-,15+/m0/s1. The number of likely N-dealkylation sites (tertiary alicyclic amines) is 2. The van der Waals surface area contributed by atoms with E-state index in [1.807, 2.05) is 30.1 Å². The Bertz CT molecular complexity index is 619. The molecule has 6 heteroatoms. The number of hydrogen-bond acceptors (Lipinski definition) is 4. The molecule has 3 atom stereocenters. The van der Waals surface area contributed by atoms with E-state index in [2.05, 4.69) is 10.2 Å². The van der Waals surface area contributed by atoms with Crippen molar-refractivity contribution in [3.8, 4) is 5.75 Å². The first-order valence-corrected chi connectivity index (χ1v) is 7.92. The first kappa shape index (κ1) is 15.8. The molecule has 2 aliphatic heterocycles. The molecule has 2 saturated heterocycles. The van der Waals surface area contributed by atoms with Crippen molar-refractivity contribution in [2.75, 3.05) is 34.3 Å². The molecule has 0 aromatic heterocycles. The predicted molar refractivity (Wildman–Crippen MR) is 86.4 cm³/mol. The molecule has 0 aliphatic carbocycles. The summed E-state index contributed by atoms with van der Waals surface area (Å²) in [5.74, 6) is 1.14. The highest BCUT2D eigenvalue weighted by Gasteiger charge is 2.47.